The molecule has 1 atom stereocenters. The van der Waals surface area contributed by atoms with Gasteiger partial charge in [-0.25, -0.2) is 4.98 Å². The fourth-order valence-electron chi connectivity index (χ4n) is 3.74. The van der Waals surface area contributed by atoms with E-state index in [9.17, 15) is 4.79 Å². The van der Waals surface area contributed by atoms with Crippen molar-refractivity contribution in [3.63, 3.8) is 0 Å². The van der Waals surface area contributed by atoms with Crippen LogP contribution in [-0.2, 0) is 4.74 Å². The fraction of sp³-hybridized carbons (Fsp3) is 0.304. The number of amides is 1. The molecule has 1 fully saturated rings. The molecule has 1 aliphatic heterocycles. The Morgan fingerprint density at radius 1 is 1.18 bits per heavy atom. The number of pyridine rings is 1. The van der Waals surface area contributed by atoms with Gasteiger partial charge in [0, 0.05) is 36.8 Å². The summed E-state index contributed by atoms with van der Waals surface area (Å²) < 4.78 is 5.71. The zero-order valence-corrected chi connectivity index (χ0v) is 16.1. The lowest BCUT2D eigenvalue weighted by atomic mass is 10.00. The van der Waals surface area contributed by atoms with Crippen molar-refractivity contribution in [2.45, 2.75) is 25.9 Å². The molecule has 2 aromatic carbocycles. The molecule has 5 heteroatoms. The summed E-state index contributed by atoms with van der Waals surface area (Å²) in [6, 6.07) is 15.8. The van der Waals surface area contributed by atoms with Crippen molar-refractivity contribution in [2.24, 2.45) is 0 Å². The minimum absolute atomic E-state index is 0.0501. The van der Waals surface area contributed by atoms with Gasteiger partial charge in [0.15, 0.2) is 0 Å². The lowest BCUT2D eigenvalue weighted by Crippen LogP contribution is -2.37. The van der Waals surface area contributed by atoms with Gasteiger partial charge in [0.1, 0.15) is 5.82 Å². The highest BCUT2D eigenvalue weighted by molar-refractivity contribution is 5.96. The molecule has 1 unspecified atom stereocenters. The third kappa shape index (κ3) is 3.85. The van der Waals surface area contributed by atoms with Crippen LogP contribution in [0.15, 0.2) is 54.7 Å². The Balaban J connectivity index is 1.60. The van der Waals surface area contributed by atoms with Crippen LogP contribution < -0.4 is 5.73 Å². The van der Waals surface area contributed by atoms with Crippen molar-refractivity contribution in [3.05, 3.63) is 60.3 Å². The summed E-state index contributed by atoms with van der Waals surface area (Å²) in [6.45, 7) is 4.14. The monoisotopic (exact) mass is 375 g/mol. The summed E-state index contributed by atoms with van der Waals surface area (Å²) in [5.41, 5.74) is 8.58. The lowest BCUT2D eigenvalue weighted by Gasteiger charge is -2.24. The number of nitrogens with two attached hydrogens (primary N) is 1. The molecule has 3 aromatic rings. The van der Waals surface area contributed by atoms with E-state index in [1.165, 1.54) is 0 Å². The van der Waals surface area contributed by atoms with Crippen LogP contribution in [0, 0.1) is 0 Å². The van der Waals surface area contributed by atoms with Crippen molar-refractivity contribution in [1.82, 2.24) is 9.88 Å². The second kappa shape index (κ2) is 7.98. The molecule has 0 saturated carbocycles. The highest BCUT2D eigenvalue weighted by Gasteiger charge is 2.22. The van der Waals surface area contributed by atoms with E-state index in [1.807, 2.05) is 54.3 Å². The van der Waals surface area contributed by atoms with Gasteiger partial charge >= 0.3 is 0 Å². The highest BCUT2D eigenvalue weighted by Crippen LogP contribution is 2.26. The van der Waals surface area contributed by atoms with Gasteiger partial charge < -0.3 is 15.4 Å². The molecule has 2 N–H and O–H groups in total. The van der Waals surface area contributed by atoms with Crippen LogP contribution in [0.25, 0.3) is 21.9 Å². The van der Waals surface area contributed by atoms with E-state index in [4.69, 9.17) is 10.5 Å². The van der Waals surface area contributed by atoms with Crippen molar-refractivity contribution in [3.8, 4) is 11.1 Å². The number of rotatable bonds is 5. The maximum atomic E-state index is 13.0. The third-order valence-corrected chi connectivity index (χ3v) is 5.30. The number of nitrogens with zero attached hydrogens (tertiary/aromatic N) is 2. The molecule has 0 aliphatic carbocycles. The molecule has 28 heavy (non-hydrogen) atoms. The maximum absolute atomic E-state index is 13.0. The first-order chi connectivity index (χ1) is 13.6. The summed E-state index contributed by atoms with van der Waals surface area (Å²) in [5.74, 6) is 0.551. The van der Waals surface area contributed by atoms with E-state index in [-0.39, 0.29) is 12.0 Å². The Kier molecular flexibility index (Phi) is 5.26. The van der Waals surface area contributed by atoms with E-state index >= 15 is 0 Å². The standard InChI is InChI=1S/C23H25N3O2/c1-2-26(15-21-7-4-10-28-21)23(27)18-6-3-5-16(11-18)17-8-9-19-14-25-22(24)13-20(19)12-17/h3,5-6,8-9,11-14,21H,2,4,7,10,15H2,1H3,(H2,24,25). The SMILES string of the molecule is CCN(CC1CCCO1)C(=O)c1cccc(-c2ccc3cnc(N)cc3c2)c1. The van der Waals surface area contributed by atoms with Crippen LogP contribution >= 0.6 is 0 Å². The van der Waals surface area contributed by atoms with Gasteiger partial charge in [-0.15, -0.1) is 0 Å². The topological polar surface area (TPSA) is 68.5 Å². The first-order valence-corrected chi connectivity index (χ1v) is 9.80. The number of benzene rings is 2. The second-order valence-corrected chi connectivity index (χ2v) is 7.23. The number of aromatic nitrogens is 1. The highest BCUT2D eigenvalue weighted by atomic mass is 16.5. The minimum atomic E-state index is 0.0501. The predicted octanol–water partition coefficient (Wildman–Crippen LogP) is 4.13. The summed E-state index contributed by atoms with van der Waals surface area (Å²) >= 11 is 0. The van der Waals surface area contributed by atoms with E-state index in [0.29, 0.717) is 24.5 Å². The van der Waals surface area contributed by atoms with E-state index in [1.54, 1.807) is 6.20 Å². The number of carbonyl (C=O) groups excluding carboxylic acids is 1. The molecular formula is C23H25N3O2. The number of likely N-dealkylation sites (N-methyl/N-ethyl adjacent to an activating group) is 1. The van der Waals surface area contributed by atoms with Gasteiger partial charge in [0.25, 0.3) is 5.91 Å². The number of fused-ring (bicyclic) bond motifs is 1. The van der Waals surface area contributed by atoms with Gasteiger partial charge in [-0.2, -0.15) is 0 Å². The van der Waals surface area contributed by atoms with Crippen molar-refractivity contribution >= 4 is 22.5 Å². The van der Waals surface area contributed by atoms with Gasteiger partial charge in [-0.3, -0.25) is 4.79 Å². The Bertz CT molecular complexity index is 996. The largest absolute Gasteiger partial charge is 0.384 e. The van der Waals surface area contributed by atoms with E-state index < -0.39 is 0 Å². The zero-order valence-electron chi connectivity index (χ0n) is 16.1. The molecule has 0 radical (unpaired) electrons. The normalized spacial score (nSPS) is 16.4. The van der Waals surface area contributed by atoms with Crippen LogP contribution in [0.5, 0.6) is 0 Å². The van der Waals surface area contributed by atoms with E-state index in [2.05, 4.69) is 11.1 Å². The molecule has 2 heterocycles. The quantitative estimate of drug-likeness (QED) is 0.728. The summed E-state index contributed by atoms with van der Waals surface area (Å²) in [6.07, 6.45) is 4.04. The summed E-state index contributed by atoms with van der Waals surface area (Å²) in [5, 5.41) is 2.08. The molecule has 144 valence electrons. The molecule has 1 saturated heterocycles. The number of hydrogen-bond acceptors (Lipinski definition) is 4. The van der Waals surface area contributed by atoms with E-state index in [0.717, 1.165) is 41.3 Å². The van der Waals surface area contributed by atoms with Gasteiger partial charge in [0.05, 0.1) is 6.10 Å². The molecule has 1 amide bonds. The first-order valence-electron chi connectivity index (χ1n) is 9.80. The van der Waals surface area contributed by atoms with Crippen molar-refractivity contribution in [1.29, 1.82) is 0 Å². The Hall–Kier alpha value is -2.92. The van der Waals surface area contributed by atoms with Crippen LogP contribution in [0.1, 0.15) is 30.1 Å². The number of anilines is 1. The first kappa shape index (κ1) is 18.4. The smallest absolute Gasteiger partial charge is 0.253 e. The molecule has 0 bridgehead atoms. The number of carbonyl (C=O) groups is 1. The van der Waals surface area contributed by atoms with Gasteiger partial charge in [-0.05, 0) is 60.5 Å². The molecular weight excluding hydrogens is 350 g/mol. The van der Waals surface area contributed by atoms with Crippen LogP contribution in [0.4, 0.5) is 5.82 Å². The second-order valence-electron chi connectivity index (χ2n) is 7.23. The molecule has 5 nitrogen and oxygen atoms in total. The van der Waals surface area contributed by atoms with Crippen LogP contribution in [0.3, 0.4) is 0 Å². The third-order valence-electron chi connectivity index (χ3n) is 5.30. The number of nitrogen functional groups attached to an aromatic ring is 1. The van der Waals surface area contributed by atoms with Crippen LogP contribution in [-0.4, -0.2) is 41.6 Å². The maximum Gasteiger partial charge on any atom is 0.253 e. The number of hydrogen-bond donors (Lipinski definition) is 1. The Morgan fingerprint density at radius 2 is 2.04 bits per heavy atom. The van der Waals surface area contributed by atoms with Crippen molar-refractivity contribution < 1.29 is 9.53 Å². The lowest BCUT2D eigenvalue weighted by molar-refractivity contribution is 0.0539. The fourth-order valence-corrected chi connectivity index (χ4v) is 3.74. The molecule has 1 aromatic heterocycles. The summed E-state index contributed by atoms with van der Waals surface area (Å²) in [7, 11) is 0. The Morgan fingerprint density at radius 3 is 2.82 bits per heavy atom. The van der Waals surface area contributed by atoms with Gasteiger partial charge in [0.2, 0.25) is 0 Å². The average Bonchev–Trinajstić information content (AvgIpc) is 3.24. The molecule has 4 rings (SSSR count). The molecule has 0 spiro atoms. The van der Waals surface area contributed by atoms with Crippen LogP contribution in [0.2, 0.25) is 0 Å². The molecule has 1 aliphatic rings. The minimum Gasteiger partial charge on any atom is -0.384 e. The zero-order chi connectivity index (χ0) is 19.5. The van der Waals surface area contributed by atoms with Crippen molar-refractivity contribution in [2.75, 3.05) is 25.4 Å². The van der Waals surface area contributed by atoms with Gasteiger partial charge in [-0.1, -0.05) is 24.3 Å². The number of ether oxygens (including phenoxy) is 1. The summed E-state index contributed by atoms with van der Waals surface area (Å²) in [4.78, 5) is 19.1. The predicted molar refractivity (Wildman–Crippen MR) is 112 cm³/mol. The Labute approximate surface area is 165 Å². The average molecular weight is 375 g/mol.